The first-order valence-electron chi connectivity index (χ1n) is 4.52. The maximum atomic E-state index is 4.94. The van der Waals surface area contributed by atoms with E-state index in [1.54, 1.807) is 7.11 Å². The van der Waals surface area contributed by atoms with E-state index in [2.05, 4.69) is 6.07 Å². The van der Waals surface area contributed by atoms with Crippen LogP contribution in [0.4, 0.5) is 0 Å². The Morgan fingerprint density at radius 3 is 2.29 bits per heavy atom. The van der Waals surface area contributed by atoms with Gasteiger partial charge < -0.3 is 9.47 Å². The van der Waals surface area contributed by atoms with E-state index in [4.69, 9.17) is 9.47 Å². The Kier molecular flexibility index (Phi) is 8.87. The maximum absolute atomic E-state index is 4.94. The van der Waals surface area contributed by atoms with Crippen molar-refractivity contribution in [1.29, 1.82) is 0 Å². The van der Waals surface area contributed by atoms with Crippen molar-refractivity contribution in [1.82, 2.24) is 0 Å². The second kappa shape index (κ2) is 9.14. The van der Waals surface area contributed by atoms with Gasteiger partial charge in [0.15, 0.2) is 0 Å². The normalized spacial score (nSPS) is 13.5. The summed E-state index contributed by atoms with van der Waals surface area (Å²) in [7, 11) is 1.63. The van der Waals surface area contributed by atoms with E-state index in [9.17, 15) is 0 Å². The van der Waals surface area contributed by atoms with Crippen LogP contribution in [0.5, 0.6) is 5.75 Å². The third-order valence-corrected chi connectivity index (χ3v) is 1.73. The fraction of sp³-hybridized carbons (Fsp3) is 0.455. The molecule has 1 saturated heterocycles. The summed E-state index contributed by atoms with van der Waals surface area (Å²) in [4.78, 5) is 0. The van der Waals surface area contributed by atoms with Crippen LogP contribution in [0.15, 0.2) is 24.3 Å². The number of hydrogen-bond acceptors (Lipinski definition) is 2. The zero-order valence-electron chi connectivity index (χ0n) is 8.95. The molecule has 1 heterocycles. The van der Waals surface area contributed by atoms with Gasteiger partial charge in [0.1, 0.15) is 0 Å². The molecule has 1 aliphatic rings. The fourth-order valence-corrected chi connectivity index (χ4v) is 1.01. The third kappa shape index (κ3) is 6.10. The SMILES string of the molecule is C1CCOC1.COc1[c-]cccc1.[Li+]. The number of para-hydroxylation sites is 1. The van der Waals surface area contributed by atoms with E-state index in [1.807, 2.05) is 24.3 Å². The predicted octanol–water partition coefficient (Wildman–Crippen LogP) is -0.704. The minimum atomic E-state index is 0. The van der Waals surface area contributed by atoms with Gasteiger partial charge in [0.25, 0.3) is 0 Å². The van der Waals surface area contributed by atoms with Crippen LogP contribution in [-0.2, 0) is 4.74 Å². The summed E-state index contributed by atoms with van der Waals surface area (Å²) in [6.45, 7) is 2.00. The van der Waals surface area contributed by atoms with Crippen LogP contribution in [0.25, 0.3) is 0 Å². The summed E-state index contributed by atoms with van der Waals surface area (Å²) in [5.41, 5.74) is 0. The molecule has 0 radical (unpaired) electrons. The Morgan fingerprint density at radius 2 is 2.00 bits per heavy atom. The molecular formula is C11H15LiO2. The molecule has 2 nitrogen and oxygen atoms in total. The van der Waals surface area contributed by atoms with E-state index in [-0.39, 0.29) is 18.9 Å². The van der Waals surface area contributed by atoms with Crippen molar-refractivity contribution < 1.29 is 28.3 Å². The van der Waals surface area contributed by atoms with Crippen LogP contribution in [0.1, 0.15) is 12.8 Å². The number of hydrogen-bond donors (Lipinski definition) is 0. The van der Waals surface area contributed by atoms with E-state index in [0.717, 1.165) is 19.0 Å². The van der Waals surface area contributed by atoms with Crippen molar-refractivity contribution in [3.63, 3.8) is 0 Å². The summed E-state index contributed by atoms with van der Waals surface area (Å²) in [6, 6.07) is 10.4. The van der Waals surface area contributed by atoms with Gasteiger partial charge in [-0.3, -0.25) is 0 Å². The summed E-state index contributed by atoms with van der Waals surface area (Å²) in [6.07, 6.45) is 2.56. The van der Waals surface area contributed by atoms with Crippen molar-refractivity contribution in [2.24, 2.45) is 0 Å². The molecule has 0 spiro atoms. The Bertz CT molecular complexity index is 202. The topological polar surface area (TPSA) is 18.5 Å². The van der Waals surface area contributed by atoms with Crippen molar-refractivity contribution >= 4 is 0 Å². The monoisotopic (exact) mass is 186 g/mol. The Balaban J connectivity index is 0.000000246. The molecule has 0 unspecified atom stereocenters. The molecule has 0 amide bonds. The summed E-state index contributed by atoms with van der Waals surface area (Å²) in [5, 5.41) is 0. The van der Waals surface area contributed by atoms with Crippen LogP contribution in [0.2, 0.25) is 0 Å². The van der Waals surface area contributed by atoms with Crippen molar-refractivity contribution in [3.05, 3.63) is 30.3 Å². The Hall–Kier alpha value is -0.423. The number of methoxy groups -OCH3 is 1. The molecule has 0 aromatic heterocycles. The van der Waals surface area contributed by atoms with E-state index in [1.165, 1.54) is 12.8 Å². The quantitative estimate of drug-likeness (QED) is 0.426. The van der Waals surface area contributed by atoms with Crippen LogP contribution in [0.3, 0.4) is 0 Å². The molecule has 1 aromatic rings. The van der Waals surface area contributed by atoms with Gasteiger partial charge >= 0.3 is 18.9 Å². The molecule has 0 N–H and O–H groups in total. The molecule has 72 valence electrons. The van der Waals surface area contributed by atoms with E-state index in [0.29, 0.717) is 0 Å². The zero-order chi connectivity index (χ0) is 9.36. The summed E-state index contributed by atoms with van der Waals surface area (Å²) < 4.78 is 9.80. The average Bonchev–Trinajstić information content (AvgIpc) is 2.77. The van der Waals surface area contributed by atoms with E-state index < -0.39 is 0 Å². The minimum absolute atomic E-state index is 0. The summed E-state index contributed by atoms with van der Waals surface area (Å²) >= 11 is 0. The molecular weight excluding hydrogens is 171 g/mol. The first kappa shape index (κ1) is 13.6. The van der Waals surface area contributed by atoms with Crippen LogP contribution >= 0.6 is 0 Å². The molecule has 3 heteroatoms. The van der Waals surface area contributed by atoms with Crippen LogP contribution < -0.4 is 23.6 Å². The van der Waals surface area contributed by atoms with Gasteiger partial charge in [0.2, 0.25) is 0 Å². The maximum Gasteiger partial charge on any atom is 1.00 e. The molecule has 1 aliphatic heterocycles. The van der Waals surface area contributed by atoms with Gasteiger partial charge in [-0.15, -0.1) is 12.1 Å². The van der Waals surface area contributed by atoms with Gasteiger partial charge in [-0.25, -0.2) is 0 Å². The molecule has 2 rings (SSSR count). The predicted molar refractivity (Wildman–Crippen MR) is 51.9 cm³/mol. The minimum Gasteiger partial charge on any atom is -0.523 e. The van der Waals surface area contributed by atoms with Crippen molar-refractivity contribution in [2.45, 2.75) is 12.8 Å². The number of benzene rings is 1. The molecule has 1 fully saturated rings. The Labute approximate surface area is 97.8 Å². The third-order valence-electron chi connectivity index (χ3n) is 1.73. The zero-order valence-corrected chi connectivity index (χ0v) is 8.95. The van der Waals surface area contributed by atoms with Gasteiger partial charge in [-0.05, 0) is 12.8 Å². The van der Waals surface area contributed by atoms with Crippen molar-refractivity contribution in [2.75, 3.05) is 20.3 Å². The first-order valence-corrected chi connectivity index (χ1v) is 4.52. The molecule has 0 aliphatic carbocycles. The molecule has 1 aromatic carbocycles. The smallest absolute Gasteiger partial charge is 0.523 e. The molecule has 0 saturated carbocycles. The van der Waals surface area contributed by atoms with Crippen LogP contribution in [0, 0.1) is 6.07 Å². The second-order valence-corrected chi connectivity index (χ2v) is 2.75. The van der Waals surface area contributed by atoms with Gasteiger partial charge in [0.05, 0.1) is 7.11 Å². The van der Waals surface area contributed by atoms with Crippen LogP contribution in [-0.4, -0.2) is 20.3 Å². The standard InChI is InChI=1S/C7H7O.C4H8O.Li/c1-8-7-5-3-2-4-6-7;1-2-4-5-3-1;/h2-5H,1H3;1-4H2;/q-1;;+1. The Morgan fingerprint density at radius 1 is 1.29 bits per heavy atom. The largest absolute Gasteiger partial charge is 1.00 e. The number of rotatable bonds is 1. The average molecular weight is 186 g/mol. The summed E-state index contributed by atoms with van der Waals surface area (Å²) in [5.74, 6) is 0.785. The molecule has 0 atom stereocenters. The molecule has 0 bridgehead atoms. The fourth-order valence-electron chi connectivity index (χ4n) is 1.01. The number of ether oxygens (including phenoxy) is 2. The second-order valence-electron chi connectivity index (χ2n) is 2.75. The van der Waals surface area contributed by atoms with E-state index >= 15 is 0 Å². The van der Waals surface area contributed by atoms with Crippen molar-refractivity contribution in [3.8, 4) is 5.75 Å². The van der Waals surface area contributed by atoms with Gasteiger partial charge in [0, 0.05) is 19.0 Å². The first-order chi connectivity index (χ1) is 6.43. The van der Waals surface area contributed by atoms with Gasteiger partial charge in [-0.1, -0.05) is 0 Å². The van der Waals surface area contributed by atoms with Gasteiger partial charge in [-0.2, -0.15) is 18.2 Å². The molecule has 14 heavy (non-hydrogen) atoms.